The molecule has 1 heterocycles. The molecule has 150 valence electrons. The van der Waals surface area contributed by atoms with Crippen molar-refractivity contribution in [2.45, 2.75) is 38.8 Å². The van der Waals surface area contributed by atoms with Crippen LogP contribution in [0.4, 0.5) is 0 Å². The summed E-state index contributed by atoms with van der Waals surface area (Å²) in [6, 6.07) is 20.9. The molecule has 0 spiro atoms. The number of aryl methyl sites for hydroxylation is 1. The Balaban J connectivity index is 0.00000280. The highest BCUT2D eigenvalue weighted by Crippen LogP contribution is 2.37. The van der Waals surface area contributed by atoms with Crippen molar-refractivity contribution in [3.63, 3.8) is 0 Å². The quantitative estimate of drug-likeness (QED) is 0.600. The summed E-state index contributed by atoms with van der Waals surface area (Å²) in [5.74, 6) is 0. The van der Waals surface area contributed by atoms with Gasteiger partial charge in [-0.2, -0.15) is 0 Å². The third-order valence-corrected chi connectivity index (χ3v) is 10.7. The molecule has 4 nitrogen and oxygen atoms in total. The Hall–Kier alpha value is -1.57. The van der Waals surface area contributed by atoms with E-state index in [4.69, 9.17) is 10.2 Å². The van der Waals surface area contributed by atoms with Crippen LogP contribution in [0, 0.1) is 6.92 Å². The van der Waals surface area contributed by atoms with Crippen molar-refractivity contribution >= 4 is 42.4 Å². The Labute approximate surface area is 178 Å². The second kappa shape index (κ2) is 9.28. The first kappa shape index (κ1) is 22.7. The van der Waals surface area contributed by atoms with Gasteiger partial charge in [0.1, 0.15) is 10.0 Å². The van der Waals surface area contributed by atoms with Crippen molar-refractivity contribution in [3.05, 3.63) is 70.7 Å². The molecule has 3 rings (SSSR count). The number of hydrogen-bond donors (Lipinski definition) is 1. The lowest BCUT2D eigenvalue weighted by molar-refractivity contribution is 0.272. The highest BCUT2D eigenvalue weighted by molar-refractivity contribution is 7.11. The maximum absolute atomic E-state index is 6.84. The number of nitrogens with two attached hydrogens (primary N) is 1. The van der Waals surface area contributed by atoms with Gasteiger partial charge in [-0.1, -0.05) is 81.4 Å². The predicted octanol–water partition coefficient (Wildman–Crippen LogP) is 3.84. The normalized spacial score (nSPS) is 13.0. The number of nitrogens with zero attached hydrogens (tertiary/aromatic N) is 2. The third kappa shape index (κ3) is 4.53. The Morgan fingerprint density at radius 2 is 1.46 bits per heavy atom. The Kier molecular flexibility index (Phi) is 7.53. The van der Waals surface area contributed by atoms with Crippen molar-refractivity contribution in [3.8, 4) is 0 Å². The lowest BCUT2D eigenvalue weighted by Gasteiger charge is -2.43. The molecule has 0 fully saturated rings. The van der Waals surface area contributed by atoms with Crippen molar-refractivity contribution in [1.29, 1.82) is 0 Å². The molecule has 1 aromatic heterocycles. The minimum absolute atomic E-state index is 0. The maximum atomic E-state index is 6.84. The molecule has 0 aliphatic carbocycles. The fraction of sp³-hybridized carbons (Fsp3) is 0.333. The van der Waals surface area contributed by atoms with E-state index in [0.29, 0.717) is 6.61 Å². The van der Waals surface area contributed by atoms with Crippen LogP contribution in [0.15, 0.2) is 60.7 Å². The smallest absolute Gasteiger partial charge is 0.261 e. The van der Waals surface area contributed by atoms with Gasteiger partial charge in [0.05, 0.1) is 12.6 Å². The van der Waals surface area contributed by atoms with Gasteiger partial charge < -0.3 is 10.2 Å². The molecular weight excluding hydrogens is 406 g/mol. The summed E-state index contributed by atoms with van der Waals surface area (Å²) in [5, 5.41) is 12.5. The molecule has 0 amide bonds. The molecule has 0 saturated carbocycles. The fourth-order valence-corrected chi connectivity index (χ4v) is 8.78. The molecule has 1 unspecified atom stereocenters. The van der Waals surface area contributed by atoms with Gasteiger partial charge in [-0.25, -0.2) is 0 Å². The molecular formula is C21H28ClN3OSSi. The Morgan fingerprint density at radius 3 is 1.86 bits per heavy atom. The minimum Gasteiger partial charge on any atom is -0.405 e. The molecule has 1 atom stereocenters. The maximum Gasteiger partial charge on any atom is 0.261 e. The van der Waals surface area contributed by atoms with Gasteiger partial charge in [-0.3, -0.25) is 0 Å². The zero-order valence-corrected chi connectivity index (χ0v) is 19.4. The van der Waals surface area contributed by atoms with E-state index in [1.165, 1.54) is 21.7 Å². The molecule has 0 bridgehead atoms. The number of hydrogen-bond acceptors (Lipinski definition) is 5. The third-order valence-electron chi connectivity index (χ3n) is 4.76. The SMILES string of the molecule is Cc1nnc(C(N)CO[Si](c2ccccc2)(c2ccccc2)C(C)(C)C)s1.Cl. The van der Waals surface area contributed by atoms with Gasteiger partial charge in [0.15, 0.2) is 0 Å². The largest absolute Gasteiger partial charge is 0.405 e. The van der Waals surface area contributed by atoms with Crippen LogP contribution >= 0.6 is 23.7 Å². The van der Waals surface area contributed by atoms with Crippen LogP contribution in [0.25, 0.3) is 0 Å². The predicted molar refractivity (Wildman–Crippen MR) is 122 cm³/mol. The number of rotatable bonds is 6. The lowest BCUT2D eigenvalue weighted by atomic mass is 10.2. The summed E-state index contributed by atoms with van der Waals surface area (Å²) in [6.45, 7) is 9.15. The van der Waals surface area contributed by atoms with Gasteiger partial charge in [-0.05, 0) is 22.3 Å². The van der Waals surface area contributed by atoms with Crippen LogP contribution in [-0.2, 0) is 4.43 Å². The van der Waals surface area contributed by atoms with Crippen molar-refractivity contribution < 1.29 is 4.43 Å². The zero-order chi connectivity index (χ0) is 19.5. The van der Waals surface area contributed by atoms with E-state index in [1.807, 2.05) is 19.1 Å². The Morgan fingerprint density at radius 1 is 0.964 bits per heavy atom. The summed E-state index contributed by atoms with van der Waals surface area (Å²) in [6.07, 6.45) is 0. The van der Waals surface area contributed by atoms with E-state index in [0.717, 1.165) is 10.0 Å². The summed E-state index contributed by atoms with van der Waals surface area (Å²) in [7, 11) is -2.56. The van der Waals surface area contributed by atoms with Gasteiger partial charge in [0.2, 0.25) is 0 Å². The average molecular weight is 434 g/mol. The molecule has 0 aliphatic rings. The van der Waals surface area contributed by atoms with E-state index in [9.17, 15) is 0 Å². The van der Waals surface area contributed by atoms with E-state index in [-0.39, 0.29) is 23.5 Å². The number of halogens is 1. The van der Waals surface area contributed by atoms with Crippen molar-refractivity contribution in [2.75, 3.05) is 6.61 Å². The highest BCUT2D eigenvalue weighted by Gasteiger charge is 2.50. The van der Waals surface area contributed by atoms with E-state index < -0.39 is 8.32 Å². The average Bonchev–Trinajstić information content (AvgIpc) is 3.09. The fourth-order valence-electron chi connectivity index (χ4n) is 3.51. The van der Waals surface area contributed by atoms with E-state index >= 15 is 0 Å². The van der Waals surface area contributed by atoms with E-state index in [1.54, 1.807) is 0 Å². The zero-order valence-electron chi connectivity index (χ0n) is 16.8. The van der Waals surface area contributed by atoms with Gasteiger partial charge in [-0.15, -0.1) is 33.9 Å². The monoisotopic (exact) mass is 433 g/mol. The molecule has 0 radical (unpaired) electrons. The van der Waals surface area contributed by atoms with Crippen LogP contribution in [-0.4, -0.2) is 25.1 Å². The molecule has 2 aromatic carbocycles. The molecule has 0 aliphatic heterocycles. The van der Waals surface area contributed by atoms with Crippen molar-refractivity contribution in [1.82, 2.24) is 10.2 Å². The van der Waals surface area contributed by atoms with Crippen LogP contribution in [0.1, 0.15) is 36.8 Å². The van der Waals surface area contributed by atoms with Gasteiger partial charge >= 0.3 is 0 Å². The molecule has 28 heavy (non-hydrogen) atoms. The first-order valence-electron chi connectivity index (χ1n) is 9.15. The van der Waals surface area contributed by atoms with Crippen LogP contribution in [0.3, 0.4) is 0 Å². The first-order valence-corrected chi connectivity index (χ1v) is 11.9. The summed E-state index contributed by atoms with van der Waals surface area (Å²) in [4.78, 5) is 0. The van der Waals surface area contributed by atoms with Crippen LogP contribution < -0.4 is 16.1 Å². The standard InChI is InChI=1S/C21H27N3OSSi.ClH/c1-16-23-24-20(26-16)19(22)15-25-27(21(2,3)4,17-11-7-5-8-12-17)18-13-9-6-10-14-18;/h5-14,19H,15,22H2,1-4H3;1H. The minimum atomic E-state index is -2.56. The summed E-state index contributed by atoms with van der Waals surface area (Å²) >= 11 is 1.53. The molecule has 0 saturated heterocycles. The van der Waals surface area contributed by atoms with Crippen LogP contribution in [0.2, 0.25) is 5.04 Å². The van der Waals surface area contributed by atoms with Gasteiger partial charge in [0.25, 0.3) is 8.32 Å². The molecule has 7 heteroatoms. The highest BCUT2D eigenvalue weighted by atomic mass is 35.5. The summed E-state index contributed by atoms with van der Waals surface area (Å²) in [5.41, 5.74) is 6.42. The lowest BCUT2D eigenvalue weighted by Crippen LogP contribution is -2.67. The van der Waals surface area contributed by atoms with Crippen LogP contribution in [0.5, 0.6) is 0 Å². The first-order chi connectivity index (χ1) is 12.8. The molecule has 2 N–H and O–H groups in total. The van der Waals surface area contributed by atoms with E-state index in [2.05, 4.69) is 79.5 Å². The molecule has 3 aromatic rings. The van der Waals surface area contributed by atoms with Crippen molar-refractivity contribution in [2.24, 2.45) is 5.73 Å². The topological polar surface area (TPSA) is 61.0 Å². The Bertz CT molecular complexity index is 829. The summed E-state index contributed by atoms with van der Waals surface area (Å²) < 4.78 is 6.84. The number of benzene rings is 2. The second-order valence-electron chi connectivity index (χ2n) is 7.74. The number of aromatic nitrogens is 2. The van der Waals surface area contributed by atoms with Gasteiger partial charge in [0, 0.05) is 0 Å². The second-order valence-corrected chi connectivity index (χ2v) is 13.3.